The number of halogens is 4. The minimum atomic E-state index is -4.47. The summed E-state index contributed by atoms with van der Waals surface area (Å²) in [5.41, 5.74) is 0.460. The monoisotopic (exact) mass is 415 g/mol. The standard InChI is InChI=1S/C19H21ClF3N3O2/c20-12-3-1-4-13-15(12)18(6-8-24-9-7-18)17(28)26(13)14-5-2-10-25(16(14)27)11-19(21,22)23/h1,3-4,14,24H,2,5-11H2/t14-/m1/s1. The van der Waals surface area contributed by atoms with Crippen LogP contribution < -0.4 is 10.2 Å². The second-order valence-corrected chi connectivity index (χ2v) is 8.08. The van der Waals surface area contributed by atoms with Crippen LogP contribution in [0, 0.1) is 0 Å². The lowest BCUT2D eigenvalue weighted by atomic mass is 9.74. The molecular weight excluding hydrogens is 395 g/mol. The number of piperidine rings is 2. The highest BCUT2D eigenvalue weighted by Gasteiger charge is 2.55. The molecule has 1 spiro atoms. The summed E-state index contributed by atoms with van der Waals surface area (Å²) < 4.78 is 38.6. The summed E-state index contributed by atoms with van der Waals surface area (Å²) in [6.07, 6.45) is -2.61. The van der Waals surface area contributed by atoms with Crippen LogP contribution in [0.3, 0.4) is 0 Å². The molecule has 3 heterocycles. The van der Waals surface area contributed by atoms with Gasteiger partial charge in [0.15, 0.2) is 0 Å². The molecule has 0 saturated carbocycles. The average molecular weight is 416 g/mol. The maximum atomic E-state index is 13.6. The molecule has 3 aliphatic heterocycles. The van der Waals surface area contributed by atoms with Crippen molar-refractivity contribution in [2.75, 3.05) is 31.1 Å². The van der Waals surface area contributed by atoms with E-state index in [2.05, 4.69) is 5.32 Å². The van der Waals surface area contributed by atoms with E-state index in [1.807, 2.05) is 0 Å². The molecule has 9 heteroatoms. The molecule has 4 rings (SSSR count). The number of likely N-dealkylation sites (tertiary alicyclic amines) is 1. The number of carbonyl (C=O) groups is 2. The quantitative estimate of drug-likeness (QED) is 0.808. The molecule has 5 nitrogen and oxygen atoms in total. The molecule has 0 aromatic heterocycles. The fraction of sp³-hybridized carbons (Fsp3) is 0.579. The second-order valence-electron chi connectivity index (χ2n) is 7.67. The number of rotatable bonds is 2. The van der Waals surface area contributed by atoms with E-state index >= 15 is 0 Å². The number of carbonyl (C=O) groups excluding carboxylic acids is 2. The Balaban J connectivity index is 1.73. The van der Waals surface area contributed by atoms with E-state index < -0.39 is 30.1 Å². The Morgan fingerprint density at radius 1 is 1.21 bits per heavy atom. The summed E-state index contributed by atoms with van der Waals surface area (Å²) >= 11 is 6.47. The minimum Gasteiger partial charge on any atom is -0.332 e. The normalized spacial score (nSPS) is 24.8. The van der Waals surface area contributed by atoms with Crippen molar-refractivity contribution in [3.8, 4) is 0 Å². The third-order valence-electron chi connectivity index (χ3n) is 6.00. The van der Waals surface area contributed by atoms with Crippen molar-refractivity contribution in [2.24, 2.45) is 0 Å². The number of amides is 2. The van der Waals surface area contributed by atoms with Gasteiger partial charge in [0.25, 0.3) is 0 Å². The van der Waals surface area contributed by atoms with Crippen molar-refractivity contribution < 1.29 is 22.8 Å². The highest BCUT2D eigenvalue weighted by Crippen LogP contribution is 2.51. The zero-order valence-corrected chi connectivity index (χ0v) is 15.9. The van der Waals surface area contributed by atoms with Gasteiger partial charge in [-0.3, -0.25) is 14.5 Å². The number of alkyl halides is 3. The van der Waals surface area contributed by atoms with E-state index in [0.29, 0.717) is 55.0 Å². The Bertz CT molecular complexity index is 808. The van der Waals surface area contributed by atoms with Gasteiger partial charge < -0.3 is 10.2 Å². The van der Waals surface area contributed by atoms with E-state index in [4.69, 9.17) is 11.6 Å². The molecule has 0 unspecified atom stereocenters. The Labute approximate surface area is 165 Å². The first-order valence-corrected chi connectivity index (χ1v) is 9.81. The molecule has 2 saturated heterocycles. The maximum absolute atomic E-state index is 13.6. The molecule has 1 aromatic carbocycles. The molecule has 2 amide bonds. The Morgan fingerprint density at radius 2 is 1.93 bits per heavy atom. The number of nitrogens with zero attached hydrogens (tertiary/aromatic N) is 2. The van der Waals surface area contributed by atoms with Crippen LogP contribution in [-0.2, 0) is 15.0 Å². The predicted octanol–water partition coefficient (Wildman–Crippen LogP) is 2.86. The van der Waals surface area contributed by atoms with Crippen molar-refractivity contribution in [1.29, 1.82) is 0 Å². The third-order valence-corrected chi connectivity index (χ3v) is 6.31. The number of hydrogen-bond acceptors (Lipinski definition) is 3. The molecular formula is C19H21ClF3N3O2. The van der Waals surface area contributed by atoms with Crippen LogP contribution in [0.25, 0.3) is 0 Å². The Hall–Kier alpha value is -1.80. The van der Waals surface area contributed by atoms with Gasteiger partial charge in [-0.15, -0.1) is 0 Å². The number of anilines is 1. The first kappa shape index (κ1) is 19.5. The van der Waals surface area contributed by atoms with Crippen LogP contribution in [0.15, 0.2) is 18.2 Å². The first-order valence-electron chi connectivity index (χ1n) is 9.43. The van der Waals surface area contributed by atoms with Crippen molar-refractivity contribution in [1.82, 2.24) is 10.2 Å². The van der Waals surface area contributed by atoms with E-state index in [0.717, 1.165) is 4.90 Å². The van der Waals surface area contributed by atoms with E-state index in [9.17, 15) is 22.8 Å². The lowest BCUT2D eigenvalue weighted by Gasteiger charge is -2.39. The first-order chi connectivity index (χ1) is 13.2. The van der Waals surface area contributed by atoms with Gasteiger partial charge in [-0.05, 0) is 50.9 Å². The molecule has 1 atom stereocenters. The van der Waals surface area contributed by atoms with Crippen LogP contribution in [0.1, 0.15) is 31.2 Å². The van der Waals surface area contributed by atoms with Gasteiger partial charge in [-0.25, -0.2) is 0 Å². The molecule has 0 radical (unpaired) electrons. The van der Waals surface area contributed by atoms with Crippen LogP contribution in [0.4, 0.5) is 18.9 Å². The average Bonchev–Trinajstić information content (AvgIpc) is 2.86. The van der Waals surface area contributed by atoms with Crippen LogP contribution in [0.2, 0.25) is 5.02 Å². The van der Waals surface area contributed by atoms with Crippen LogP contribution in [-0.4, -0.2) is 55.1 Å². The van der Waals surface area contributed by atoms with Gasteiger partial charge in [0.05, 0.1) is 11.1 Å². The molecule has 0 aliphatic carbocycles. The summed E-state index contributed by atoms with van der Waals surface area (Å²) in [7, 11) is 0. The maximum Gasteiger partial charge on any atom is 0.406 e. The highest BCUT2D eigenvalue weighted by atomic mass is 35.5. The Morgan fingerprint density at radius 3 is 2.61 bits per heavy atom. The van der Waals surface area contributed by atoms with E-state index in [1.54, 1.807) is 18.2 Å². The highest BCUT2D eigenvalue weighted by molar-refractivity contribution is 6.33. The van der Waals surface area contributed by atoms with Gasteiger partial charge in [-0.1, -0.05) is 17.7 Å². The zero-order chi connectivity index (χ0) is 20.1. The van der Waals surface area contributed by atoms with Crippen molar-refractivity contribution >= 4 is 29.1 Å². The summed E-state index contributed by atoms with van der Waals surface area (Å²) in [6, 6.07) is 4.25. The van der Waals surface area contributed by atoms with Gasteiger partial charge in [0.1, 0.15) is 12.6 Å². The molecule has 3 aliphatic rings. The molecule has 0 bridgehead atoms. The second kappa shape index (κ2) is 6.91. The number of nitrogens with one attached hydrogen (secondary N) is 1. The largest absolute Gasteiger partial charge is 0.406 e. The van der Waals surface area contributed by atoms with E-state index in [1.165, 1.54) is 4.90 Å². The lowest BCUT2D eigenvalue weighted by molar-refractivity contribution is -0.164. The third kappa shape index (κ3) is 3.06. The summed E-state index contributed by atoms with van der Waals surface area (Å²) in [4.78, 5) is 28.7. The topological polar surface area (TPSA) is 52.7 Å². The summed E-state index contributed by atoms with van der Waals surface area (Å²) in [5.74, 6) is -0.863. The van der Waals surface area contributed by atoms with Crippen LogP contribution >= 0.6 is 11.6 Å². The van der Waals surface area contributed by atoms with Crippen molar-refractivity contribution in [3.63, 3.8) is 0 Å². The van der Waals surface area contributed by atoms with Gasteiger partial charge >= 0.3 is 6.18 Å². The summed E-state index contributed by atoms with van der Waals surface area (Å²) in [6.45, 7) is 0.0439. The smallest absolute Gasteiger partial charge is 0.332 e. The number of fused-ring (bicyclic) bond motifs is 2. The van der Waals surface area contributed by atoms with Gasteiger partial charge in [0.2, 0.25) is 11.8 Å². The summed E-state index contributed by atoms with van der Waals surface area (Å²) in [5, 5.41) is 3.69. The predicted molar refractivity (Wildman–Crippen MR) is 98.4 cm³/mol. The number of benzene rings is 1. The van der Waals surface area contributed by atoms with Gasteiger partial charge in [0, 0.05) is 17.1 Å². The van der Waals surface area contributed by atoms with Crippen molar-refractivity contribution in [3.05, 3.63) is 28.8 Å². The Kier molecular flexibility index (Phi) is 4.82. The molecule has 28 heavy (non-hydrogen) atoms. The van der Waals surface area contributed by atoms with Gasteiger partial charge in [-0.2, -0.15) is 13.2 Å². The molecule has 152 valence electrons. The fourth-order valence-corrected chi connectivity index (χ4v) is 5.14. The SMILES string of the molecule is O=C1[C@H](N2C(=O)C3(CCNCC3)c3c(Cl)cccc32)CCCN1CC(F)(F)F. The lowest BCUT2D eigenvalue weighted by Crippen LogP contribution is -2.57. The van der Waals surface area contributed by atoms with E-state index in [-0.39, 0.29) is 12.5 Å². The minimum absolute atomic E-state index is 0.0499. The molecule has 2 fully saturated rings. The zero-order valence-electron chi connectivity index (χ0n) is 15.2. The van der Waals surface area contributed by atoms with Crippen LogP contribution in [0.5, 0.6) is 0 Å². The molecule has 1 N–H and O–H groups in total. The number of hydrogen-bond donors (Lipinski definition) is 1. The molecule has 1 aromatic rings. The fourth-order valence-electron chi connectivity index (χ4n) is 4.79. The van der Waals surface area contributed by atoms with Crippen molar-refractivity contribution in [2.45, 2.75) is 43.3 Å².